The lowest BCUT2D eigenvalue weighted by Crippen LogP contribution is -2.27. The summed E-state index contributed by atoms with van der Waals surface area (Å²) in [6.45, 7) is 6.09. The molecule has 6 nitrogen and oxygen atoms in total. The number of aromatic nitrogens is 2. The second-order valence-electron chi connectivity index (χ2n) is 6.67. The van der Waals surface area contributed by atoms with E-state index in [9.17, 15) is 23.1 Å². The number of carbonyl (C=O) groups is 1. The van der Waals surface area contributed by atoms with Gasteiger partial charge >= 0.3 is 12.3 Å². The average molecular weight is 359 g/mol. The molecule has 0 saturated carbocycles. The Labute approximate surface area is 142 Å². The van der Waals surface area contributed by atoms with Crippen molar-refractivity contribution in [2.75, 3.05) is 11.9 Å². The highest BCUT2D eigenvalue weighted by molar-refractivity contribution is 5.89. The first kappa shape index (κ1) is 19.0. The number of fused-ring (bicyclic) bond motifs is 1. The molecule has 0 fully saturated rings. The number of hydrogen-bond acceptors (Lipinski definition) is 4. The Bertz CT molecular complexity index is 778. The topological polar surface area (TPSA) is 76.4 Å². The van der Waals surface area contributed by atoms with Crippen LogP contribution < -0.4 is 5.32 Å². The van der Waals surface area contributed by atoms with E-state index in [4.69, 9.17) is 4.74 Å². The molecular formula is C16H20F3N3O3. The number of amides is 1. The Balaban J connectivity index is 2.42. The number of imidazole rings is 1. The van der Waals surface area contributed by atoms with Crippen LogP contribution in [0.1, 0.15) is 39.6 Å². The van der Waals surface area contributed by atoms with Gasteiger partial charge in [-0.15, -0.1) is 0 Å². The quantitative estimate of drug-likeness (QED) is 0.870. The SMILES string of the molecule is CC(CO)n1c(C(F)(F)F)nc2cc(NC(=O)OC(C)(C)C)ccc21. The number of carbonyl (C=O) groups excluding carboxylic acids is 1. The third kappa shape index (κ3) is 4.41. The Hall–Kier alpha value is -2.29. The van der Waals surface area contributed by atoms with Crippen molar-refractivity contribution in [3.63, 3.8) is 0 Å². The summed E-state index contributed by atoms with van der Waals surface area (Å²) in [5.41, 5.74) is -0.169. The number of anilines is 1. The molecule has 0 aliphatic rings. The fraction of sp³-hybridized carbons (Fsp3) is 0.500. The molecule has 0 spiro atoms. The second kappa shape index (κ2) is 6.55. The number of nitrogens with zero attached hydrogens (tertiary/aromatic N) is 2. The van der Waals surface area contributed by atoms with Crippen LogP contribution in [0.15, 0.2) is 18.2 Å². The highest BCUT2D eigenvalue weighted by Gasteiger charge is 2.38. The van der Waals surface area contributed by atoms with Crippen LogP contribution in [0.4, 0.5) is 23.7 Å². The van der Waals surface area contributed by atoms with Crippen LogP contribution in [-0.4, -0.2) is 33.0 Å². The van der Waals surface area contributed by atoms with Crippen molar-refractivity contribution in [2.24, 2.45) is 0 Å². The van der Waals surface area contributed by atoms with E-state index in [2.05, 4.69) is 10.3 Å². The van der Waals surface area contributed by atoms with Gasteiger partial charge in [0.2, 0.25) is 5.82 Å². The molecule has 2 rings (SSSR count). The number of nitrogens with one attached hydrogen (secondary N) is 1. The van der Waals surface area contributed by atoms with Crippen molar-refractivity contribution in [3.05, 3.63) is 24.0 Å². The van der Waals surface area contributed by atoms with Crippen LogP contribution in [0, 0.1) is 0 Å². The smallest absolute Gasteiger partial charge is 0.444 e. The molecule has 1 unspecified atom stereocenters. The molecule has 2 aromatic rings. The minimum atomic E-state index is -4.67. The number of ether oxygens (including phenoxy) is 1. The van der Waals surface area contributed by atoms with Crippen LogP contribution in [-0.2, 0) is 10.9 Å². The zero-order chi connectivity index (χ0) is 19.0. The van der Waals surface area contributed by atoms with Gasteiger partial charge < -0.3 is 14.4 Å². The molecule has 1 aromatic carbocycles. The summed E-state index contributed by atoms with van der Waals surface area (Å²) in [5, 5.41) is 11.7. The molecule has 0 aliphatic carbocycles. The van der Waals surface area contributed by atoms with Gasteiger partial charge in [-0.25, -0.2) is 9.78 Å². The van der Waals surface area contributed by atoms with Crippen LogP contribution in [0.25, 0.3) is 11.0 Å². The number of halogens is 3. The molecular weight excluding hydrogens is 339 g/mol. The van der Waals surface area contributed by atoms with Gasteiger partial charge in [-0.05, 0) is 45.9 Å². The number of aliphatic hydroxyl groups excluding tert-OH is 1. The van der Waals surface area contributed by atoms with Crippen molar-refractivity contribution in [1.29, 1.82) is 0 Å². The zero-order valence-electron chi connectivity index (χ0n) is 14.3. The number of rotatable bonds is 3. The molecule has 0 saturated heterocycles. The number of hydrogen-bond donors (Lipinski definition) is 2. The largest absolute Gasteiger partial charge is 0.449 e. The first-order chi connectivity index (χ1) is 11.4. The summed E-state index contributed by atoms with van der Waals surface area (Å²) in [4.78, 5) is 15.4. The van der Waals surface area contributed by atoms with Gasteiger partial charge in [-0.1, -0.05) is 0 Å². The van der Waals surface area contributed by atoms with E-state index in [0.29, 0.717) is 0 Å². The van der Waals surface area contributed by atoms with Gasteiger partial charge in [-0.3, -0.25) is 5.32 Å². The van der Waals surface area contributed by atoms with E-state index in [-0.39, 0.29) is 16.7 Å². The van der Waals surface area contributed by atoms with Gasteiger partial charge in [0.1, 0.15) is 5.60 Å². The van der Waals surface area contributed by atoms with E-state index < -0.39 is 36.3 Å². The molecule has 0 bridgehead atoms. The van der Waals surface area contributed by atoms with E-state index in [1.54, 1.807) is 20.8 Å². The minimum Gasteiger partial charge on any atom is -0.444 e. The zero-order valence-corrected chi connectivity index (χ0v) is 14.3. The lowest BCUT2D eigenvalue weighted by atomic mass is 10.2. The van der Waals surface area contributed by atoms with E-state index in [1.165, 1.54) is 25.1 Å². The summed E-state index contributed by atoms with van der Waals surface area (Å²) in [5.74, 6) is -1.10. The number of aliphatic hydroxyl groups is 1. The predicted octanol–water partition coefficient (Wildman–Crippen LogP) is 3.96. The van der Waals surface area contributed by atoms with Crippen LogP contribution >= 0.6 is 0 Å². The maximum atomic E-state index is 13.2. The molecule has 0 radical (unpaired) electrons. The van der Waals surface area contributed by atoms with Crippen LogP contribution in [0.2, 0.25) is 0 Å². The highest BCUT2D eigenvalue weighted by Crippen LogP contribution is 2.34. The molecule has 1 heterocycles. The molecule has 1 amide bonds. The van der Waals surface area contributed by atoms with Crippen molar-refractivity contribution in [2.45, 2.75) is 45.5 Å². The molecule has 9 heteroatoms. The monoisotopic (exact) mass is 359 g/mol. The van der Waals surface area contributed by atoms with Crippen LogP contribution in [0.5, 0.6) is 0 Å². The average Bonchev–Trinajstić information content (AvgIpc) is 2.83. The molecule has 0 aliphatic heterocycles. The summed E-state index contributed by atoms with van der Waals surface area (Å²) < 4.78 is 45.7. The predicted molar refractivity (Wildman–Crippen MR) is 86.4 cm³/mol. The lowest BCUT2D eigenvalue weighted by Gasteiger charge is -2.19. The minimum absolute atomic E-state index is 0.0567. The summed E-state index contributed by atoms with van der Waals surface area (Å²) in [6.07, 6.45) is -5.38. The van der Waals surface area contributed by atoms with E-state index in [0.717, 1.165) is 4.57 Å². The van der Waals surface area contributed by atoms with Crippen LogP contribution in [0.3, 0.4) is 0 Å². The van der Waals surface area contributed by atoms with Gasteiger partial charge in [0, 0.05) is 5.69 Å². The van der Waals surface area contributed by atoms with E-state index >= 15 is 0 Å². The maximum absolute atomic E-state index is 13.2. The Morgan fingerprint density at radius 2 is 2.00 bits per heavy atom. The summed E-state index contributed by atoms with van der Waals surface area (Å²) in [7, 11) is 0. The standard InChI is InChI=1S/C16H20F3N3O3/c1-9(8-23)22-12-6-5-10(20-14(24)25-15(2,3)4)7-11(12)21-13(22)16(17,18)19/h5-7,9,23H,8H2,1-4H3,(H,20,24). The molecule has 1 atom stereocenters. The normalized spacial score (nSPS) is 13.8. The third-order valence-electron chi connectivity index (χ3n) is 3.29. The van der Waals surface area contributed by atoms with Crippen molar-refractivity contribution >= 4 is 22.8 Å². The summed E-state index contributed by atoms with van der Waals surface area (Å²) >= 11 is 0. The van der Waals surface area contributed by atoms with E-state index in [1.807, 2.05) is 0 Å². The first-order valence-electron chi connectivity index (χ1n) is 7.62. The molecule has 138 valence electrons. The Morgan fingerprint density at radius 1 is 1.36 bits per heavy atom. The molecule has 25 heavy (non-hydrogen) atoms. The molecule has 2 N–H and O–H groups in total. The maximum Gasteiger partial charge on any atom is 0.449 e. The highest BCUT2D eigenvalue weighted by atomic mass is 19.4. The lowest BCUT2D eigenvalue weighted by molar-refractivity contribution is -0.147. The van der Waals surface area contributed by atoms with Gasteiger partial charge in [0.05, 0.1) is 23.7 Å². The van der Waals surface area contributed by atoms with Gasteiger partial charge in [0.25, 0.3) is 0 Å². The van der Waals surface area contributed by atoms with Crippen molar-refractivity contribution in [1.82, 2.24) is 9.55 Å². The van der Waals surface area contributed by atoms with Crippen molar-refractivity contribution in [3.8, 4) is 0 Å². The van der Waals surface area contributed by atoms with Gasteiger partial charge in [-0.2, -0.15) is 13.2 Å². The Kier molecular flexibility index (Phi) is 4.99. The first-order valence-corrected chi connectivity index (χ1v) is 7.62. The Morgan fingerprint density at radius 3 is 2.52 bits per heavy atom. The fourth-order valence-electron chi connectivity index (χ4n) is 2.33. The third-order valence-corrected chi connectivity index (χ3v) is 3.29. The van der Waals surface area contributed by atoms with Crippen molar-refractivity contribution < 1.29 is 27.8 Å². The number of alkyl halides is 3. The second-order valence-corrected chi connectivity index (χ2v) is 6.67. The summed E-state index contributed by atoms with van der Waals surface area (Å²) in [6, 6.07) is 3.39. The molecule has 1 aromatic heterocycles. The fourth-order valence-corrected chi connectivity index (χ4v) is 2.33. The number of benzene rings is 1. The van der Waals surface area contributed by atoms with Gasteiger partial charge in [0.15, 0.2) is 0 Å².